The molecule has 1 aliphatic heterocycles. The number of carbonyl (C=O) groups is 2. The molecule has 2 N–H and O–H groups in total. The van der Waals surface area contributed by atoms with Crippen LogP contribution in [0.25, 0.3) is 11.3 Å². The number of hydrogen-bond donors (Lipinski definition) is 2. The Morgan fingerprint density at radius 3 is 2.92 bits per heavy atom. The number of hydrogen-bond acceptors (Lipinski definition) is 5. The number of carbonyl (C=O) groups excluding carboxylic acids is 2. The molecule has 0 unspecified atom stereocenters. The van der Waals surface area contributed by atoms with Crippen molar-refractivity contribution < 1.29 is 18.8 Å². The number of nitrogens with zero attached hydrogens (tertiary/aromatic N) is 1. The minimum absolute atomic E-state index is 0.0239. The Kier molecular flexibility index (Phi) is 4.06. The van der Waals surface area contributed by atoms with Gasteiger partial charge in [-0.3, -0.25) is 9.59 Å². The second-order valence-electron chi connectivity index (χ2n) is 5.59. The summed E-state index contributed by atoms with van der Waals surface area (Å²) in [5.41, 5.74) is 1.83. The molecule has 3 aromatic rings. The number of rotatable bonds is 3. The SMILES string of the molecule is O=C1COc2ccc(NC(=O)c3cc(-c4cccc(Cl)c4)on3)cc2N1. The number of fused-ring (bicyclic) bond motifs is 1. The van der Waals surface area contributed by atoms with E-state index in [2.05, 4.69) is 15.8 Å². The van der Waals surface area contributed by atoms with E-state index >= 15 is 0 Å². The first-order valence-corrected chi connectivity index (χ1v) is 8.07. The molecule has 0 fully saturated rings. The summed E-state index contributed by atoms with van der Waals surface area (Å²) in [5.74, 6) is 0.296. The van der Waals surface area contributed by atoms with Gasteiger partial charge in [-0.05, 0) is 30.3 Å². The molecule has 0 radical (unpaired) electrons. The second-order valence-corrected chi connectivity index (χ2v) is 6.03. The maximum atomic E-state index is 12.4. The number of benzene rings is 2. The first-order valence-electron chi connectivity index (χ1n) is 7.69. The van der Waals surface area contributed by atoms with Crippen LogP contribution in [0.1, 0.15) is 10.5 Å². The molecule has 0 bridgehead atoms. The van der Waals surface area contributed by atoms with E-state index in [0.717, 1.165) is 5.56 Å². The average molecular weight is 370 g/mol. The zero-order chi connectivity index (χ0) is 18.1. The summed E-state index contributed by atoms with van der Waals surface area (Å²) in [4.78, 5) is 23.8. The molecule has 0 spiro atoms. The van der Waals surface area contributed by atoms with Crippen LogP contribution in [0.5, 0.6) is 5.75 Å². The summed E-state index contributed by atoms with van der Waals surface area (Å²) in [6, 6.07) is 13.5. The van der Waals surface area contributed by atoms with E-state index in [1.165, 1.54) is 6.07 Å². The van der Waals surface area contributed by atoms with Gasteiger partial charge in [-0.1, -0.05) is 28.9 Å². The summed E-state index contributed by atoms with van der Waals surface area (Å²) in [5, 5.41) is 9.74. The predicted molar refractivity (Wildman–Crippen MR) is 95.5 cm³/mol. The van der Waals surface area contributed by atoms with Gasteiger partial charge in [-0.25, -0.2) is 0 Å². The Balaban J connectivity index is 1.52. The second kappa shape index (κ2) is 6.53. The topological polar surface area (TPSA) is 93.5 Å². The van der Waals surface area contributed by atoms with Crippen molar-refractivity contribution in [3.63, 3.8) is 0 Å². The van der Waals surface area contributed by atoms with Crippen LogP contribution in [0.4, 0.5) is 11.4 Å². The van der Waals surface area contributed by atoms with Crippen molar-refractivity contribution in [1.29, 1.82) is 0 Å². The van der Waals surface area contributed by atoms with Crippen LogP contribution in [-0.2, 0) is 4.79 Å². The fourth-order valence-corrected chi connectivity index (χ4v) is 2.71. The minimum atomic E-state index is -0.440. The lowest BCUT2D eigenvalue weighted by molar-refractivity contribution is -0.118. The molecule has 1 aromatic heterocycles. The van der Waals surface area contributed by atoms with Crippen molar-refractivity contribution in [1.82, 2.24) is 5.16 Å². The van der Waals surface area contributed by atoms with E-state index in [-0.39, 0.29) is 18.2 Å². The van der Waals surface area contributed by atoms with Crippen molar-refractivity contribution in [3.8, 4) is 17.1 Å². The third-order valence-corrected chi connectivity index (χ3v) is 3.96. The molecule has 0 atom stereocenters. The molecule has 2 aromatic carbocycles. The maximum Gasteiger partial charge on any atom is 0.277 e. The molecule has 26 heavy (non-hydrogen) atoms. The lowest BCUT2D eigenvalue weighted by atomic mass is 10.1. The Morgan fingerprint density at radius 1 is 1.19 bits per heavy atom. The fourth-order valence-electron chi connectivity index (χ4n) is 2.52. The highest BCUT2D eigenvalue weighted by molar-refractivity contribution is 6.30. The van der Waals surface area contributed by atoms with Gasteiger partial charge in [0.05, 0.1) is 5.69 Å². The van der Waals surface area contributed by atoms with Gasteiger partial charge in [0, 0.05) is 22.3 Å². The van der Waals surface area contributed by atoms with Crippen LogP contribution < -0.4 is 15.4 Å². The number of ether oxygens (including phenoxy) is 1. The zero-order valence-corrected chi connectivity index (χ0v) is 14.0. The van der Waals surface area contributed by atoms with Gasteiger partial charge >= 0.3 is 0 Å². The average Bonchev–Trinajstić information content (AvgIpc) is 3.12. The minimum Gasteiger partial charge on any atom is -0.482 e. The van der Waals surface area contributed by atoms with E-state index < -0.39 is 5.91 Å². The van der Waals surface area contributed by atoms with E-state index in [1.54, 1.807) is 42.5 Å². The molecular weight excluding hydrogens is 358 g/mol. The molecular formula is C18H12ClN3O4. The lowest BCUT2D eigenvalue weighted by Gasteiger charge is -2.18. The summed E-state index contributed by atoms with van der Waals surface area (Å²) in [6.45, 7) is -0.0239. The van der Waals surface area contributed by atoms with Crippen LogP contribution in [0, 0.1) is 0 Å². The molecule has 1 aliphatic rings. The third-order valence-electron chi connectivity index (χ3n) is 3.72. The van der Waals surface area contributed by atoms with Gasteiger partial charge < -0.3 is 19.9 Å². The normalized spacial score (nSPS) is 12.7. The van der Waals surface area contributed by atoms with Crippen LogP contribution in [0.2, 0.25) is 5.02 Å². The smallest absolute Gasteiger partial charge is 0.277 e. The standard InChI is InChI=1S/C18H12ClN3O4/c19-11-3-1-2-10(6-11)16-8-14(22-26-16)18(24)20-12-4-5-15-13(7-12)21-17(23)9-25-15/h1-8H,9H2,(H,20,24)(H,21,23). The Labute approximate surface area is 152 Å². The van der Waals surface area contributed by atoms with E-state index in [9.17, 15) is 9.59 Å². The Bertz CT molecular complexity index is 1020. The highest BCUT2D eigenvalue weighted by Gasteiger charge is 2.18. The summed E-state index contributed by atoms with van der Waals surface area (Å²) >= 11 is 5.96. The first-order chi connectivity index (χ1) is 12.6. The van der Waals surface area contributed by atoms with Crippen molar-refractivity contribution >= 4 is 34.8 Å². The quantitative estimate of drug-likeness (QED) is 0.736. The third kappa shape index (κ3) is 3.25. The van der Waals surface area contributed by atoms with Gasteiger partial charge in [0.25, 0.3) is 11.8 Å². The van der Waals surface area contributed by atoms with Crippen LogP contribution >= 0.6 is 11.6 Å². The monoisotopic (exact) mass is 369 g/mol. The predicted octanol–water partition coefficient (Wildman–Crippen LogP) is 3.58. The summed E-state index contributed by atoms with van der Waals surface area (Å²) in [7, 11) is 0. The largest absolute Gasteiger partial charge is 0.482 e. The summed E-state index contributed by atoms with van der Waals surface area (Å²) < 4.78 is 10.5. The van der Waals surface area contributed by atoms with Crippen LogP contribution in [-0.4, -0.2) is 23.6 Å². The molecule has 0 saturated carbocycles. The maximum absolute atomic E-state index is 12.4. The lowest BCUT2D eigenvalue weighted by Crippen LogP contribution is -2.25. The van der Waals surface area contributed by atoms with Crippen molar-refractivity contribution in [3.05, 3.63) is 59.2 Å². The Morgan fingerprint density at radius 2 is 2.08 bits per heavy atom. The van der Waals surface area contributed by atoms with E-state index in [1.807, 2.05) is 0 Å². The molecule has 130 valence electrons. The number of anilines is 2. The molecule has 4 rings (SSSR count). The van der Waals surface area contributed by atoms with E-state index in [0.29, 0.717) is 27.9 Å². The van der Waals surface area contributed by atoms with E-state index in [4.69, 9.17) is 20.9 Å². The molecule has 8 heteroatoms. The first kappa shape index (κ1) is 16.2. The zero-order valence-electron chi connectivity index (χ0n) is 13.3. The molecule has 0 aliphatic carbocycles. The highest BCUT2D eigenvalue weighted by Crippen LogP contribution is 2.30. The number of halogens is 1. The van der Waals surface area contributed by atoms with Gasteiger partial charge in [0.2, 0.25) is 0 Å². The number of nitrogens with one attached hydrogen (secondary N) is 2. The summed E-state index contributed by atoms with van der Waals surface area (Å²) in [6.07, 6.45) is 0. The van der Waals surface area contributed by atoms with Gasteiger partial charge in [-0.2, -0.15) is 0 Å². The molecule has 7 nitrogen and oxygen atoms in total. The Hall–Kier alpha value is -3.32. The fraction of sp³-hybridized carbons (Fsp3) is 0.0556. The highest BCUT2D eigenvalue weighted by atomic mass is 35.5. The van der Waals surface area contributed by atoms with Crippen LogP contribution in [0.15, 0.2) is 53.1 Å². The van der Waals surface area contributed by atoms with Gasteiger partial charge in [0.15, 0.2) is 18.1 Å². The molecule has 0 saturated heterocycles. The van der Waals surface area contributed by atoms with Gasteiger partial charge in [0.1, 0.15) is 5.75 Å². The van der Waals surface area contributed by atoms with Crippen molar-refractivity contribution in [2.75, 3.05) is 17.2 Å². The molecule has 2 heterocycles. The molecule has 2 amide bonds. The number of amides is 2. The van der Waals surface area contributed by atoms with Crippen LogP contribution in [0.3, 0.4) is 0 Å². The number of aromatic nitrogens is 1. The van der Waals surface area contributed by atoms with Crippen molar-refractivity contribution in [2.24, 2.45) is 0 Å². The van der Waals surface area contributed by atoms with Gasteiger partial charge in [-0.15, -0.1) is 0 Å². The van der Waals surface area contributed by atoms with Crippen molar-refractivity contribution in [2.45, 2.75) is 0 Å².